The zero-order valence-electron chi connectivity index (χ0n) is 25.6. The maximum absolute atomic E-state index is 13.3. The fourth-order valence-corrected chi connectivity index (χ4v) is 5.62. The second-order valence-electron chi connectivity index (χ2n) is 11.3. The van der Waals surface area contributed by atoms with Crippen molar-refractivity contribution >= 4 is 5.97 Å². The zero-order chi connectivity index (χ0) is 33.5. The highest BCUT2D eigenvalue weighted by molar-refractivity contribution is 5.70. The Morgan fingerprint density at radius 3 is 2.20 bits per heavy atom. The number of rotatable bonds is 12. The first-order valence-electron chi connectivity index (χ1n) is 14.9. The van der Waals surface area contributed by atoms with Gasteiger partial charge in [-0.2, -0.15) is 26.3 Å². The van der Waals surface area contributed by atoms with Crippen LogP contribution in [-0.4, -0.2) is 83.7 Å². The molecule has 250 valence electrons. The van der Waals surface area contributed by atoms with Crippen molar-refractivity contribution in [3.8, 4) is 11.1 Å². The molecule has 7 nitrogen and oxygen atoms in total. The number of alkyl halides is 6. The molecular formula is C33H37F6N3O4. The number of nitrogens with zero attached hydrogens (tertiary/aromatic N) is 3. The van der Waals surface area contributed by atoms with E-state index >= 15 is 0 Å². The molecule has 0 spiro atoms. The van der Waals surface area contributed by atoms with Gasteiger partial charge in [0.2, 0.25) is 0 Å². The number of hydrogen-bond donors (Lipinski definition) is 1. The summed E-state index contributed by atoms with van der Waals surface area (Å²) in [5, 5.41) is 9.69. The van der Waals surface area contributed by atoms with Crippen molar-refractivity contribution < 1.29 is 45.7 Å². The van der Waals surface area contributed by atoms with Gasteiger partial charge in [-0.05, 0) is 53.8 Å². The second-order valence-corrected chi connectivity index (χ2v) is 11.3. The van der Waals surface area contributed by atoms with E-state index in [1.807, 2.05) is 38.1 Å². The first-order valence-corrected chi connectivity index (χ1v) is 14.9. The molecule has 0 amide bonds. The predicted octanol–water partition coefficient (Wildman–Crippen LogP) is 6.03. The molecule has 0 saturated carbocycles. The minimum absolute atomic E-state index is 0.104. The summed E-state index contributed by atoms with van der Waals surface area (Å²) in [7, 11) is 0. The van der Waals surface area contributed by atoms with Crippen LogP contribution in [0.15, 0.2) is 67.0 Å². The molecule has 0 bridgehead atoms. The number of aliphatic hydroxyl groups is 1. The molecule has 2 aromatic carbocycles. The van der Waals surface area contributed by atoms with Crippen LogP contribution in [0.1, 0.15) is 35.6 Å². The molecule has 46 heavy (non-hydrogen) atoms. The number of carbonyl (C=O) groups excluding carboxylic acids is 1. The van der Waals surface area contributed by atoms with Gasteiger partial charge in [0.25, 0.3) is 5.60 Å². The van der Waals surface area contributed by atoms with Gasteiger partial charge in [0.1, 0.15) is 6.61 Å². The van der Waals surface area contributed by atoms with E-state index in [1.165, 1.54) is 0 Å². The second kappa shape index (κ2) is 14.9. The van der Waals surface area contributed by atoms with E-state index in [2.05, 4.69) is 14.8 Å². The molecule has 1 unspecified atom stereocenters. The highest BCUT2D eigenvalue weighted by Crippen LogP contribution is 2.50. The number of aryl methyl sites for hydroxylation is 1. The molecule has 4 rings (SSSR count). The maximum Gasteiger partial charge on any atom is 0.430 e. The number of hydrogen-bond acceptors (Lipinski definition) is 7. The summed E-state index contributed by atoms with van der Waals surface area (Å²) in [5.41, 5.74) is -2.42. The SMILES string of the molecule is CCOCCOC(=O)CC1CN(Cc2ccc(-c3ccc(C(O)(C(F)(F)F)C(F)(F)F)cc3)c(C)c2)CCN1Cc1ccncc1. The van der Waals surface area contributed by atoms with E-state index in [0.29, 0.717) is 62.7 Å². The zero-order valence-corrected chi connectivity index (χ0v) is 25.6. The summed E-state index contributed by atoms with van der Waals surface area (Å²) < 4.78 is 90.3. The lowest BCUT2D eigenvalue weighted by Gasteiger charge is -2.41. The molecule has 1 aliphatic rings. The van der Waals surface area contributed by atoms with Gasteiger partial charge >= 0.3 is 18.3 Å². The molecule has 1 atom stereocenters. The quantitative estimate of drug-likeness (QED) is 0.146. The van der Waals surface area contributed by atoms with E-state index in [4.69, 9.17) is 9.47 Å². The third-order valence-corrected chi connectivity index (χ3v) is 8.05. The van der Waals surface area contributed by atoms with Crippen LogP contribution in [0.5, 0.6) is 0 Å². The molecule has 1 aromatic heterocycles. The van der Waals surface area contributed by atoms with Crippen LogP contribution < -0.4 is 0 Å². The lowest BCUT2D eigenvalue weighted by molar-refractivity contribution is -0.376. The molecule has 1 N–H and O–H groups in total. The average Bonchev–Trinajstić information content (AvgIpc) is 3.00. The monoisotopic (exact) mass is 653 g/mol. The summed E-state index contributed by atoms with van der Waals surface area (Å²) in [6.45, 7) is 8.02. The molecule has 1 saturated heterocycles. The van der Waals surface area contributed by atoms with E-state index in [1.54, 1.807) is 18.5 Å². The number of piperazine rings is 1. The first kappa shape index (κ1) is 35.3. The van der Waals surface area contributed by atoms with Crippen LogP contribution >= 0.6 is 0 Å². The van der Waals surface area contributed by atoms with Gasteiger partial charge in [0.15, 0.2) is 0 Å². The third kappa shape index (κ3) is 8.44. The van der Waals surface area contributed by atoms with Crippen LogP contribution in [0.25, 0.3) is 11.1 Å². The molecule has 3 aromatic rings. The fraction of sp³-hybridized carbons (Fsp3) is 0.455. The number of pyridine rings is 1. The summed E-state index contributed by atoms with van der Waals surface area (Å²) >= 11 is 0. The smallest absolute Gasteiger partial charge is 0.430 e. The lowest BCUT2D eigenvalue weighted by Crippen LogP contribution is -2.53. The number of aromatic nitrogens is 1. The third-order valence-electron chi connectivity index (χ3n) is 8.05. The van der Waals surface area contributed by atoms with E-state index in [9.17, 15) is 36.2 Å². The van der Waals surface area contributed by atoms with Crippen LogP contribution in [-0.2, 0) is 33.0 Å². The van der Waals surface area contributed by atoms with Gasteiger partial charge in [-0.15, -0.1) is 0 Å². The molecule has 0 aliphatic carbocycles. The Kier molecular flexibility index (Phi) is 11.5. The van der Waals surface area contributed by atoms with Gasteiger partial charge in [-0.25, -0.2) is 0 Å². The number of esters is 1. The Balaban J connectivity index is 1.45. The summed E-state index contributed by atoms with van der Waals surface area (Å²) in [4.78, 5) is 21.2. The lowest BCUT2D eigenvalue weighted by atomic mass is 9.90. The number of halogens is 6. The Labute approximate surface area is 263 Å². The number of benzene rings is 2. The van der Waals surface area contributed by atoms with Gasteiger partial charge in [0.05, 0.1) is 13.0 Å². The maximum atomic E-state index is 13.3. The predicted molar refractivity (Wildman–Crippen MR) is 158 cm³/mol. The van der Waals surface area contributed by atoms with Crippen LogP contribution in [0.3, 0.4) is 0 Å². The normalized spacial score (nSPS) is 16.8. The first-order chi connectivity index (χ1) is 21.7. The van der Waals surface area contributed by atoms with Crippen molar-refractivity contribution in [2.75, 3.05) is 39.5 Å². The Morgan fingerprint density at radius 1 is 0.913 bits per heavy atom. The molecular weight excluding hydrogens is 616 g/mol. The molecule has 2 heterocycles. The van der Waals surface area contributed by atoms with E-state index in [-0.39, 0.29) is 25.0 Å². The highest BCUT2D eigenvalue weighted by Gasteiger charge is 2.71. The van der Waals surface area contributed by atoms with Crippen molar-refractivity contribution in [3.05, 3.63) is 89.2 Å². The number of carbonyl (C=O) groups is 1. The minimum atomic E-state index is -5.95. The molecule has 1 aliphatic heterocycles. The summed E-state index contributed by atoms with van der Waals surface area (Å²) in [5.74, 6) is -0.304. The van der Waals surface area contributed by atoms with Crippen molar-refractivity contribution in [2.24, 2.45) is 0 Å². The van der Waals surface area contributed by atoms with Crippen molar-refractivity contribution in [1.82, 2.24) is 14.8 Å². The largest absolute Gasteiger partial charge is 0.463 e. The Hall–Kier alpha value is -3.52. The minimum Gasteiger partial charge on any atom is -0.463 e. The highest BCUT2D eigenvalue weighted by atomic mass is 19.4. The average molecular weight is 654 g/mol. The van der Waals surface area contributed by atoms with Crippen molar-refractivity contribution in [3.63, 3.8) is 0 Å². The van der Waals surface area contributed by atoms with Gasteiger partial charge in [-0.3, -0.25) is 19.6 Å². The fourth-order valence-electron chi connectivity index (χ4n) is 5.62. The van der Waals surface area contributed by atoms with Crippen LogP contribution in [0.2, 0.25) is 0 Å². The molecule has 0 radical (unpaired) electrons. The van der Waals surface area contributed by atoms with Gasteiger partial charge < -0.3 is 14.6 Å². The van der Waals surface area contributed by atoms with Gasteiger partial charge in [-0.1, -0.05) is 42.5 Å². The Morgan fingerprint density at radius 2 is 1.59 bits per heavy atom. The van der Waals surface area contributed by atoms with Crippen molar-refractivity contribution in [1.29, 1.82) is 0 Å². The van der Waals surface area contributed by atoms with Gasteiger partial charge in [0, 0.05) is 63.3 Å². The van der Waals surface area contributed by atoms with E-state index in [0.717, 1.165) is 35.4 Å². The molecule has 1 fully saturated rings. The topological polar surface area (TPSA) is 75.1 Å². The standard InChI is InChI=1S/C33H37F6N3O4/c1-3-45-16-17-46-30(43)19-28-22-41(14-15-42(28)21-24-10-12-40-13-11-24)20-25-4-9-29(23(2)18-25)26-5-7-27(8-6-26)31(44,32(34,35)36)33(37,38)39/h4-13,18,28,44H,3,14-17,19-22H2,1-2H3. The van der Waals surface area contributed by atoms with Crippen molar-refractivity contribution in [2.45, 2.75) is 57.4 Å². The summed E-state index contributed by atoms with van der Waals surface area (Å²) in [6.07, 6.45) is -8.23. The summed E-state index contributed by atoms with van der Waals surface area (Å²) in [6, 6.07) is 12.9. The number of ether oxygens (including phenoxy) is 2. The van der Waals surface area contributed by atoms with E-state index < -0.39 is 23.5 Å². The molecule has 13 heteroatoms. The van der Waals surface area contributed by atoms with Crippen LogP contribution in [0, 0.1) is 6.92 Å². The van der Waals surface area contributed by atoms with Crippen LogP contribution in [0.4, 0.5) is 26.3 Å². The Bertz CT molecular complexity index is 1420.